The molecule has 0 unspecified atom stereocenters. The fourth-order valence-electron chi connectivity index (χ4n) is 1.69. The normalized spacial score (nSPS) is 11.6. The molecule has 7 nitrogen and oxygen atoms in total. The Morgan fingerprint density at radius 1 is 1.29 bits per heavy atom. The van der Waals surface area contributed by atoms with E-state index >= 15 is 0 Å². The molecule has 2 N–H and O–H groups in total. The van der Waals surface area contributed by atoms with Gasteiger partial charge in [-0.3, -0.25) is 14.9 Å². The van der Waals surface area contributed by atoms with E-state index in [1.807, 2.05) is 0 Å². The van der Waals surface area contributed by atoms with Crippen molar-refractivity contribution in [2.75, 3.05) is 0 Å². The zero-order valence-electron chi connectivity index (χ0n) is 10.6. The number of nitro groups is 1. The second kappa shape index (κ2) is 6.14. The standard InChI is InChI=1S/C13H10N2O5S/c16-12(9-6-10(15(19)20)21-7-9)14-11(13(17)18)8-4-2-1-3-5-8/h1-7,11H,(H,14,16)(H,17,18)/t11-/m1/s1. The number of carboxylic acids is 1. The predicted octanol–water partition coefficient (Wildman–Crippen LogP) is 2.21. The molecule has 0 bridgehead atoms. The first kappa shape index (κ1) is 14.7. The summed E-state index contributed by atoms with van der Waals surface area (Å²) in [6.07, 6.45) is 0. The largest absolute Gasteiger partial charge is 0.479 e. The molecule has 0 aliphatic heterocycles. The van der Waals surface area contributed by atoms with Crippen molar-refractivity contribution in [1.82, 2.24) is 5.32 Å². The number of carbonyl (C=O) groups excluding carboxylic acids is 1. The Hall–Kier alpha value is -2.74. The average Bonchev–Trinajstić information content (AvgIpc) is 2.95. The van der Waals surface area contributed by atoms with Crippen LogP contribution in [0.1, 0.15) is 22.0 Å². The number of hydrogen-bond acceptors (Lipinski definition) is 5. The number of carboxylic acid groups (broad SMARTS) is 1. The molecule has 1 atom stereocenters. The summed E-state index contributed by atoms with van der Waals surface area (Å²) in [5, 5.41) is 23.3. The van der Waals surface area contributed by atoms with Gasteiger partial charge in [0.2, 0.25) is 0 Å². The van der Waals surface area contributed by atoms with E-state index in [0.29, 0.717) is 5.56 Å². The summed E-state index contributed by atoms with van der Waals surface area (Å²) < 4.78 is 0. The van der Waals surface area contributed by atoms with E-state index < -0.39 is 22.8 Å². The van der Waals surface area contributed by atoms with Gasteiger partial charge in [-0.1, -0.05) is 41.7 Å². The Bertz CT molecular complexity index is 683. The van der Waals surface area contributed by atoms with Crippen LogP contribution in [0.2, 0.25) is 0 Å². The molecule has 108 valence electrons. The highest BCUT2D eigenvalue weighted by molar-refractivity contribution is 7.13. The summed E-state index contributed by atoms with van der Waals surface area (Å²) in [5.74, 6) is -1.88. The lowest BCUT2D eigenvalue weighted by molar-refractivity contribution is -0.380. The van der Waals surface area contributed by atoms with Crippen LogP contribution in [0.15, 0.2) is 41.8 Å². The monoisotopic (exact) mass is 306 g/mol. The second-order valence-electron chi connectivity index (χ2n) is 4.09. The number of rotatable bonds is 5. The van der Waals surface area contributed by atoms with Crippen molar-refractivity contribution in [2.24, 2.45) is 0 Å². The van der Waals surface area contributed by atoms with Gasteiger partial charge in [-0.2, -0.15) is 0 Å². The van der Waals surface area contributed by atoms with Gasteiger partial charge in [0.25, 0.3) is 5.91 Å². The summed E-state index contributed by atoms with van der Waals surface area (Å²) in [7, 11) is 0. The maximum Gasteiger partial charge on any atom is 0.330 e. The Kier molecular flexibility index (Phi) is 4.29. The molecule has 0 aliphatic carbocycles. The molecular formula is C13H10N2O5S. The maximum atomic E-state index is 12.0. The number of nitrogens with zero attached hydrogens (tertiary/aromatic N) is 1. The van der Waals surface area contributed by atoms with Crippen LogP contribution in [-0.4, -0.2) is 21.9 Å². The second-order valence-corrected chi connectivity index (χ2v) is 4.98. The van der Waals surface area contributed by atoms with Crippen LogP contribution in [0.4, 0.5) is 5.00 Å². The molecule has 8 heteroatoms. The van der Waals surface area contributed by atoms with Gasteiger partial charge >= 0.3 is 11.0 Å². The van der Waals surface area contributed by atoms with Gasteiger partial charge < -0.3 is 10.4 Å². The molecule has 21 heavy (non-hydrogen) atoms. The van der Waals surface area contributed by atoms with Crippen LogP contribution in [0, 0.1) is 10.1 Å². The Balaban J connectivity index is 2.19. The van der Waals surface area contributed by atoms with Crippen molar-refractivity contribution in [1.29, 1.82) is 0 Å². The van der Waals surface area contributed by atoms with Crippen LogP contribution in [0.5, 0.6) is 0 Å². The quantitative estimate of drug-likeness (QED) is 0.650. The molecule has 1 amide bonds. The van der Waals surface area contributed by atoms with Gasteiger partial charge in [-0.25, -0.2) is 4.79 Å². The van der Waals surface area contributed by atoms with E-state index in [2.05, 4.69) is 5.32 Å². The zero-order valence-corrected chi connectivity index (χ0v) is 11.4. The lowest BCUT2D eigenvalue weighted by atomic mass is 10.1. The Morgan fingerprint density at radius 2 is 1.95 bits per heavy atom. The lowest BCUT2D eigenvalue weighted by Gasteiger charge is -2.14. The number of aliphatic carboxylic acids is 1. The third-order valence-electron chi connectivity index (χ3n) is 2.68. The Labute approximate surface area is 123 Å². The van der Waals surface area contributed by atoms with E-state index in [9.17, 15) is 24.8 Å². The van der Waals surface area contributed by atoms with Crippen molar-refractivity contribution >= 4 is 28.2 Å². The van der Waals surface area contributed by atoms with Crippen molar-refractivity contribution in [3.05, 3.63) is 63.0 Å². The first-order chi connectivity index (χ1) is 9.99. The molecular weight excluding hydrogens is 296 g/mol. The van der Waals surface area contributed by atoms with Crippen LogP contribution >= 0.6 is 11.3 Å². The fourth-order valence-corrected chi connectivity index (χ4v) is 2.39. The third kappa shape index (κ3) is 3.42. The Morgan fingerprint density at radius 3 is 2.48 bits per heavy atom. The van der Waals surface area contributed by atoms with Gasteiger partial charge in [0.15, 0.2) is 6.04 Å². The minimum Gasteiger partial charge on any atom is -0.479 e. The van der Waals surface area contributed by atoms with E-state index in [4.69, 9.17) is 0 Å². The van der Waals surface area contributed by atoms with Crippen LogP contribution in [-0.2, 0) is 4.79 Å². The molecule has 0 saturated heterocycles. The van der Waals surface area contributed by atoms with Gasteiger partial charge in [0.05, 0.1) is 10.5 Å². The zero-order chi connectivity index (χ0) is 15.4. The van der Waals surface area contributed by atoms with Crippen LogP contribution in [0.25, 0.3) is 0 Å². The molecule has 2 aromatic rings. The number of hydrogen-bond donors (Lipinski definition) is 2. The number of carbonyl (C=O) groups is 2. The third-order valence-corrected chi connectivity index (χ3v) is 3.56. The molecule has 0 spiro atoms. The summed E-state index contributed by atoms with van der Waals surface area (Å²) >= 11 is 0.810. The summed E-state index contributed by atoms with van der Waals surface area (Å²) in [4.78, 5) is 33.2. The molecule has 0 fully saturated rings. The SMILES string of the molecule is O=C(N[C@@H](C(=O)O)c1ccccc1)c1csc([N+](=O)[O-])c1. The van der Waals surface area contributed by atoms with Crippen molar-refractivity contribution < 1.29 is 19.6 Å². The molecule has 1 aromatic carbocycles. The average molecular weight is 306 g/mol. The van der Waals surface area contributed by atoms with Gasteiger partial charge in [0, 0.05) is 11.4 Å². The predicted molar refractivity (Wildman–Crippen MR) is 75.3 cm³/mol. The minimum atomic E-state index is -1.21. The molecule has 0 radical (unpaired) electrons. The first-order valence-corrected chi connectivity index (χ1v) is 6.68. The molecule has 0 saturated carbocycles. The van der Waals surface area contributed by atoms with Gasteiger partial charge in [-0.15, -0.1) is 0 Å². The molecule has 1 aromatic heterocycles. The fraction of sp³-hybridized carbons (Fsp3) is 0.0769. The number of amides is 1. The molecule has 0 aliphatic rings. The summed E-state index contributed by atoms with van der Waals surface area (Å²) in [6, 6.07) is 8.11. The van der Waals surface area contributed by atoms with Crippen molar-refractivity contribution in [3.8, 4) is 0 Å². The highest BCUT2D eigenvalue weighted by Crippen LogP contribution is 2.23. The van der Waals surface area contributed by atoms with E-state index in [0.717, 1.165) is 17.4 Å². The highest BCUT2D eigenvalue weighted by Gasteiger charge is 2.24. The van der Waals surface area contributed by atoms with Gasteiger partial charge in [-0.05, 0) is 5.56 Å². The number of nitrogens with one attached hydrogen (secondary N) is 1. The maximum absolute atomic E-state index is 12.0. The number of thiophene rings is 1. The van der Waals surface area contributed by atoms with E-state index in [-0.39, 0.29) is 10.6 Å². The van der Waals surface area contributed by atoms with Crippen LogP contribution in [0.3, 0.4) is 0 Å². The first-order valence-electron chi connectivity index (χ1n) is 5.80. The van der Waals surface area contributed by atoms with Crippen molar-refractivity contribution in [3.63, 3.8) is 0 Å². The summed E-state index contributed by atoms with van der Waals surface area (Å²) in [6.45, 7) is 0. The van der Waals surface area contributed by atoms with Crippen molar-refractivity contribution in [2.45, 2.75) is 6.04 Å². The minimum absolute atomic E-state index is 0.0638. The molecule has 1 heterocycles. The molecule has 2 rings (SSSR count). The highest BCUT2D eigenvalue weighted by atomic mass is 32.1. The number of benzene rings is 1. The lowest BCUT2D eigenvalue weighted by Crippen LogP contribution is -2.33. The van der Waals surface area contributed by atoms with E-state index in [1.54, 1.807) is 30.3 Å². The topological polar surface area (TPSA) is 110 Å². The smallest absolute Gasteiger partial charge is 0.330 e. The summed E-state index contributed by atoms with van der Waals surface area (Å²) in [5.41, 5.74) is 0.483. The van der Waals surface area contributed by atoms with Gasteiger partial charge in [0.1, 0.15) is 0 Å². The van der Waals surface area contributed by atoms with E-state index in [1.165, 1.54) is 5.38 Å². The van der Waals surface area contributed by atoms with Crippen LogP contribution < -0.4 is 5.32 Å².